The number of ether oxygens (including phenoxy) is 8. The van der Waals surface area contributed by atoms with Crippen molar-refractivity contribution < 1.29 is 90.6 Å². The van der Waals surface area contributed by atoms with Crippen molar-refractivity contribution in [2.45, 2.75) is 50.8 Å². The van der Waals surface area contributed by atoms with Gasteiger partial charge in [0.05, 0.1) is 92.6 Å². The van der Waals surface area contributed by atoms with Gasteiger partial charge in [-0.05, 0) is 73.0 Å². The molecule has 3 aliphatic rings. The summed E-state index contributed by atoms with van der Waals surface area (Å²) in [5.41, 5.74) is 3.63. The number of anilines is 3. The fourth-order valence-corrected chi connectivity index (χ4v) is 8.65. The van der Waals surface area contributed by atoms with Gasteiger partial charge in [-0.15, -0.1) is 0 Å². The molecule has 1 saturated carbocycles. The van der Waals surface area contributed by atoms with Crippen LogP contribution < -0.4 is 29.5 Å². The first kappa shape index (κ1) is 59.8. The van der Waals surface area contributed by atoms with Crippen LogP contribution in [0.2, 0.25) is 0 Å². The number of hydrogen-bond donors (Lipinski definition) is 0. The molecule has 1 atom stereocenters. The molecule has 23 nitrogen and oxygen atoms in total. The highest BCUT2D eigenvalue weighted by atomic mass is 17.2. The standard InChI is InChI=1S/C56H66N4O19/c1-35-11-18-43(58(31-51(63)69-5)32-52(64)70-6)47(25-35)75-23-24-76-48-26-37(12-19-44(48)59(33-53(65)71-7)34-54(66)72-8)55-41-16-13-38(57-39(28-50(62)68-4)14-20-49(61)67-3)27-45(41)77-46-29-40(15-17-42(46)55)60(30-36(2)78-73-9)56(21-22-56)79-74-10/h11-13,15-19,25-27,29,39H,2,14,20-24,28,30-34H2,1,3-10H3. The Kier molecular flexibility index (Phi) is 21.4. The summed E-state index contributed by atoms with van der Waals surface area (Å²) in [5.74, 6) is -2.26. The zero-order chi connectivity index (χ0) is 57.2. The molecule has 1 fully saturated rings. The van der Waals surface area contributed by atoms with Crippen LogP contribution >= 0.6 is 0 Å². The van der Waals surface area contributed by atoms with Crippen molar-refractivity contribution in [1.82, 2.24) is 0 Å². The largest absolute Gasteiger partial charge is 0.488 e. The fourth-order valence-electron chi connectivity index (χ4n) is 8.65. The van der Waals surface area contributed by atoms with E-state index in [0.717, 1.165) is 5.56 Å². The number of aryl methyl sites for hydroxylation is 1. The van der Waals surface area contributed by atoms with Crippen molar-refractivity contribution in [3.63, 3.8) is 0 Å². The van der Waals surface area contributed by atoms with Gasteiger partial charge in [0, 0.05) is 53.6 Å². The first-order chi connectivity index (χ1) is 38.0. The van der Waals surface area contributed by atoms with Gasteiger partial charge in [0.15, 0.2) is 11.5 Å². The molecule has 0 amide bonds. The Balaban J connectivity index is 1.53. The van der Waals surface area contributed by atoms with Crippen molar-refractivity contribution in [2.75, 3.05) is 118 Å². The van der Waals surface area contributed by atoms with Gasteiger partial charge in [0.25, 0.3) is 0 Å². The molecule has 424 valence electrons. The lowest BCUT2D eigenvalue weighted by atomic mass is 9.93. The predicted octanol–water partition coefficient (Wildman–Crippen LogP) is 6.03. The topological polar surface area (TPSA) is 248 Å². The van der Waals surface area contributed by atoms with E-state index in [0.29, 0.717) is 74.4 Å². The first-order valence-electron chi connectivity index (χ1n) is 24.9. The van der Waals surface area contributed by atoms with Gasteiger partial charge >= 0.3 is 35.8 Å². The highest BCUT2D eigenvalue weighted by molar-refractivity contribution is 6.03. The lowest BCUT2D eigenvalue weighted by Crippen LogP contribution is -2.41. The van der Waals surface area contributed by atoms with E-state index in [4.69, 9.17) is 66.9 Å². The minimum Gasteiger partial charge on any atom is -0.488 e. The Labute approximate surface area is 456 Å². The molecular formula is C56H66N4O19. The highest BCUT2D eigenvalue weighted by Gasteiger charge is 2.52. The quantitative estimate of drug-likeness (QED) is 0.00744. The van der Waals surface area contributed by atoms with Crippen LogP contribution in [0.15, 0.2) is 94.5 Å². The lowest BCUT2D eigenvalue weighted by Gasteiger charge is -2.32. The molecule has 0 bridgehead atoms. The second-order valence-corrected chi connectivity index (χ2v) is 18.0. The molecule has 0 saturated heterocycles. The Bertz CT molecular complexity index is 2990. The van der Waals surface area contributed by atoms with Crippen LogP contribution in [0.4, 0.5) is 17.1 Å². The molecule has 6 rings (SSSR count). The van der Waals surface area contributed by atoms with Crippen molar-refractivity contribution in [3.05, 3.63) is 96.1 Å². The third-order valence-electron chi connectivity index (χ3n) is 12.6. The molecule has 1 heterocycles. The van der Waals surface area contributed by atoms with Crippen LogP contribution in [-0.2, 0) is 76.7 Å². The molecule has 1 unspecified atom stereocenters. The predicted molar refractivity (Wildman–Crippen MR) is 285 cm³/mol. The molecule has 23 heteroatoms. The van der Waals surface area contributed by atoms with Gasteiger partial charge in [0.2, 0.25) is 0 Å². The summed E-state index contributed by atoms with van der Waals surface area (Å²) >= 11 is 0. The van der Waals surface area contributed by atoms with Crippen LogP contribution in [0, 0.1) is 6.92 Å². The van der Waals surface area contributed by atoms with Crippen molar-refractivity contribution in [1.29, 1.82) is 0 Å². The van der Waals surface area contributed by atoms with Crippen molar-refractivity contribution >= 4 is 63.8 Å². The molecule has 1 aliphatic heterocycles. The summed E-state index contributed by atoms with van der Waals surface area (Å²) < 4.78 is 49.4. The molecule has 3 aromatic carbocycles. The highest BCUT2D eigenvalue weighted by Crippen LogP contribution is 2.48. The van der Waals surface area contributed by atoms with E-state index >= 15 is 0 Å². The maximum absolute atomic E-state index is 12.9. The Morgan fingerprint density at radius 1 is 0.633 bits per heavy atom. The van der Waals surface area contributed by atoms with E-state index in [1.54, 1.807) is 48.5 Å². The minimum absolute atomic E-state index is 0.00662. The van der Waals surface area contributed by atoms with E-state index in [9.17, 15) is 28.8 Å². The molecule has 3 aromatic rings. The van der Waals surface area contributed by atoms with Gasteiger partial charge in [-0.25, -0.2) is 9.78 Å². The third-order valence-corrected chi connectivity index (χ3v) is 12.6. The molecule has 79 heavy (non-hydrogen) atoms. The van der Waals surface area contributed by atoms with Gasteiger partial charge in [-0.1, -0.05) is 18.7 Å². The zero-order valence-electron chi connectivity index (χ0n) is 45.7. The average Bonchev–Trinajstić information content (AvgIpc) is 4.24. The van der Waals surface area contributed by atoms with E-state index in [1.807, 2.05) is 36.1 Å². The van der Waals surface area contributed by atoms with Crippen LogP contribution in [0.25, 0.3) is 33.4 Å². The summed E-state index contributed by atoms with van der Waals surface area (Å²) in [5, 5.41) is 1.08. The smallest absolute Gasteiger partial charge is 0.325 e. The first-order valence-corrected chi connectivity index (χ1v) is 24.9. The van der Waals surface area contributed by atoms with Crippen LogP contribution in [0.1, 0.15) is 37.7 Å². The Morgan fingerprint density at radius 3 is 1.75 bits per heavy atom. The van der Waals surface area contributed by atoms with Crippen LogP contribution in [0.5, 0.6) is 11.5 Å². The summed E-state index contributed by atoms with van der Waals surface area (Å²) in [4.78, 5) is 107. The van der Waals surface area contributed by atoms with E-state index < -0.39 is 47.6 Å². The molecule has 0 aromatic heterocycles. The van der Waals surface area contributed by atoms with Gasteiger partial charge < -0.3 is 61.9 Å². The van der Waals surface area contributed by atoms with Gasteiger partial charge in [-0.2, -0.15) is 4.89 Å². The SMILES string of the molecule is C=C(CN(c1ccc2c(-c3ccc(N(CC(=O)OC)CC(=O)OC)c(OCCOc4cc(C)ccc4N(CC(=O)OC)CC(=O)OC)c3)c3ccc(=NC(CCC(=O)OC)CC(=O)OC)cc-3oc2c1)C1(OOC)CC1)OOC. The summed E-state index contributed by atoms with van der Waals surface area (Å²) in [6, 6.07) is 20.8. The molecule has 0 spiro atoms. The fraction of sp³-hybridized carbons (Fsp3) is 0.411. The maximum Gasteiger partial charge on any atom is 0.325 e. The number of carbonyl (C=O) groups excluding carboxylic acids is 6. The number of carbonyl (C=O) groups is 6. The second-order valence-electron chi connectivity index (χ2n) is 18.0. The third kappa shape index (κ3) is 15.9. The number of methoxy groups -OCH3 is 6. The monoisotopic (exact) mass is 1100 g/mol. The Morgan fingerprint density at radius 2 is 1.20 bits per heavy atom. The van der Waals surface area contributed by atoms with Crippen molar-refractivity contribution in [2.24, 2.45) is 4.99 Å². The second kappa shape index (κ2) is 28.3. The number of hydrogen-bond acceptors (Lipinski definition) is 23. The lowest BCUT2D eigenvalue weighted by molar-refractivity contribution is -0.316. The summed E-state index contributed by atoms with van der Waals surface area (Å²) in [6.45, 7) is 4.54. The average molecular weight is 1100 g/mol. The van der Waals surface area contributed by atoms with Crippen LogP contribution in [0.3, 0.4) is 0 Å². The number of rotatable bonds is 30. The molecule has 0 N–H and O–H groups in total. The maximum atomic E-state index is 12.9. The normalized spacial score (nSPS) is 12.9. The van der Waals surface area contributed by atoms with Crippen molar-refractivity contribution in [3.8, 4) is 33.9 Å². The summed E-state index contributed by atoms with van der Waals surface area (Å²) in [7, 11) is 10.3. The van der Waals surface area contributed by atoms with E-state index in [-0.39, 0.29) is 76.7 Å². The summed E-state index contributed by atoms with van der Waals surface area (Å²) in [6.07, 6.45) is 1.33. The van der Waals surface area contributed by atoms with Crippen LogP contribution in [-0.4, -0.2) is 150 Å². The molecular weight excluding hydrogens is 1030 g/mol. The minimum atomic E-state index is -0.870. The number of benzene rings is 4. The Hall–Kier alpha value is -8.41. The molecule has 0 radical (unpaired) electrons. The van der Waals surface area contributed by atoms with E-state index in [1.165, 1.54) is 66.7 Å². The van der Waals surface area contributed by atoms with E-state index in [2.05, 4.69) is 6.58 Å². The number of nitrogens with zero attached hydrogens (tertiary/aromatic N) is 4. The van der Waals surface area contributed by atoms with Gasteiger partial charge in [0.1, 0.15) is 62.2 Å². The number of fused-ring (bicyclic) bond motifs is 2. The van der Waals surface area contributed by atoms with Gasteiger partial charge in [-0.3, -0.25) is 33.8 Å². The number of esters is 6. The zero-order valence-corrected chi connectivity index (χ0v) is 45.7. The molecule has 2 aliphatic carbocycles.